The van der Waals surface area contributed by atoms with Crippen molar-refractivity contribution in [2.45, 2.75) is 104 Å². The van der Waals surface area contributed by atoms with Crippen LogP contribution in [0.4, 0.5) is 0 Å². The molecule has 26 heavy (non-hydrogen) atoms. The lowest BCUT2D eigenvalue weighted by Gasteiger charge is -2.32. The molecule has 0 aliphatic carbocycles. The van der Waals surface area contributed by atoms with Crippen molar-refractivity contribution in [1.29, 1.82) is 0 Å². The lowest BCUT2D eigenvalue weighted by atomic mass is 9.73. The summed E-state index contributed by atoms with van der Waals surface area (Å²) in [5.41, 5.74) is 2.92. The second kappa shape index (κ2) is 7.65. The molecular formula is C22H37BO3. The predicted octanol–water partition coefficient (Wildman–Crippen LogP) is 4.78. The summed E-state index contributed by atoms with van der Waals surface area (Å²) in [5.74, 6) is 0. The SMILES string of the molecule is CCCCCC(O)(CC)c1c(C)cc(B2OC(C)(C)C(C)(C)O2)cc1C. The molecule has 1 aromatic carbocycles. The molecule has 1 saturated heterocycles. The van der Waals surface area contributed by atoms with Gasteiger partial charge in [-0.3, -0.25) is 0 Å². The Bertz CT molecular complexity index is 599. The fourth-order valence-corrected chi connectivity index (χ4v) is 3.99. The Hall–Kier alpha value is -0.835. The smallest absolute Gasteiger partial charge is 0.399 e. The van der Waals surface area contributed by atoms with Gasteiger partial charge in [0.15, 0.2) is 0 Å². The van der Waals surface area contributed by atoms with Crippen molar-refractivity contribution < 1.29 is 14.4 Å². The Labute approximate surface area is 160 Å². The molecular weight excluding hydrogens is 323 g/mol. The van der Waals surface area contributed by atoms with E-state index in [4.69, 9.17) is 9.31 Å². The van der Waals surface area contributed by atoms with Crippen LogP contribution in [0.1, 0.15) is 90.3 Å². The molecule has 0 bridgehead atoms. The summed E-state index contributed by atoms with van der Waals surface area (Å²) in [6, 6.07) is 4.26. The summed E-state index contributed by atoms with van der Waals surface area (Å²) in [6.45, 7) is 16.8. The van der Waals surface area contributed by atoms with Crippen LogP contribution in [-0.4, -0.2) is 23.4 Å². The zero-order chi connectivity index (χ0) is 19.8. The Morgan fingerprint density at radius 2 is 1.46 bits per heavy atom. The zero-order valence-electron chi connectivity index (χ0n) is 18.0. The third kappa shape index (κ3) is 4.03. The third-order valence-corrected chi connectivity index (χ3v) is 6.32. The number of benzene rings is 1. The van der Waals surface area contributed by atoms with Crippen molar-refractivity contribution in [2.24, 2.45) is 0 Å². The Morgan fingerprint density at radius 3 is 1.88 bits per heavy atom. The first kappa shape index (κ1) is 21.5. The van der Waals surface area contributed by atoms with E-state index in [1.165, 1.54) is 6.42 Å². The summed E-state index contributed by atoms with van der Waals surface area (Å²) in [4.78, 5) is 0. The van der Waals surface area contributed by atoms with Crippen LogP contribution in [-0.2, 0) is 14.9 Å². The highest BCUT2D eigenvalue weighted by Gasteiger charge is 2.51. The first-order chi connectivity index (χ1) is 12.0. The quantitative estimate of drug-likeness (QED) is 0.562. The molecule has 1 heterocycles. The van der Waals surface area contributed by atoms with Gasteiger partial charge in [0.2, 0.25) is 0 Å². The van der Waals surface area contributed by atoms with Crippen LogP contribution in [0.2, 0.25) is 0 Å². The molecule has 1 N–H and O–H groups in total. The number of rotatable bonds is 7. The first-order valence-corrected chi connectivity index (χ1v) is 10.2. The van der Waals surface area contributed by atoms with E-state index in [2.05, 4.69) is 67.5 Å². The number of unbranched alkanes of at least 4 members (excludes halogenated alkanes) is 2. The minimum atomic E-state index is -0.752. The molecule has 0 saturated carbocycles. The lowest BCUT2D eigenvalue weighted by Crippen LogP contribution is -2.41. The topological polar surface area (TPSA) is 38.7 Å². The van der Waals surface area contributed by atoms with Gasteiger partial charge >= 0.3 is 7.12 Å². The van der Waals surface area contributed by atoms with Gasteiger partial charge in [-0.05, 0) is 76.5 Å². The second-order valence-corrected chi connectivity index (χ2v) is 8.96. The Kier molecular flexibility index (Phi) is 6.32. The fourth-order valence-electron chi connectivity index (χ4n) is 3.99. The van der Waals surface area contributed by atoms with Crippen molar-refractivity contribution in [3.05, 3.63) is 28.8 Å². The molecule has 1 atom stereocenters. The maximum absolute atomic E-state index is 11.3. The van der Waals surface area contributed by atoms with Crippen LogP contribution in [0, 0.1) is 13.8 Å². The Balaban J connectivity index is 2.34. The van der Waals surface area contributed by atoms with Gasteiger partial charge in [-0.25, -0.2) is 0 Å². The van der Waals surface area contributed by atoms with E-state index in [-0.39, 0.29) is 18.3 Å². The number of hydrogen-bond acceptors (Lipinski definition) is 3. The minimum absolute atomic E-state index is 0.345. The average Bonchev–Trinajstić information content (AvgIpc) is 2.75. The summed E-state index contributed by atoms with van der Waals surface area (Å²) in [5, 5.41) is 11.3. The fraction of sp³-hybridized carbons (Fsp3) is 0.727. The molecule has 2 rings (SSSR count). The van der Waals surface area contributed by atoms with Crippen LogP contribution in [0.15, 0.2) is 12.1 Å². The molecule has 0 radical (unpaired) electrons. The van der Waals surface area contributed by atoms with Crippen LogP contribution in [0.3, 0.4) is 0 Å². The molecule has 0 aromatic heterocycles. The summed E-state index contributed by atoms with van der Waals surface area (Å²) < 4.78 is 12.4. The molecule has 1 aromatic rings. The van der Waals surface area contributed by atoms with Crippen LogP contribution in [0.25, 0.3) is 0 Å². The number of aliphatic hydroxyl groups is 1. The standard InChI is InChI=1S/C22H37BO3/c1-9-11-12-13-22(24,10-2)19-16(3)14-18(15-17(19)4)23-25-20(5,6)21(7,8)26-23/h14-15,24H,9-13H2,1-8H3. The zero-order valence-corrected chi connectivity index (χ0v) is 18.0. The third-order valence-electron chi connectivity index (χ3n) is 6.32. The van der Waals surface area contributed by atoms with E-state index in [1.54, 1.807) is 0 Å². The van der Waals surface area contributed by atoms with Gasteiger partial charge in [0.1, 0.15) is 0 Å². The van der Waals surface area contributed by atoms with Crippen LogP contribution in [0.5, 0.6) is 0 Å². The lowest BCUT2D eigenvalue weighted by molar-refractivity contribution is 0.00578. The minimum Gasteiger partial charge on any atom is -0.399 e. The molecule has 1 fully saturated rings. The van der Waals surface area contributed by atoms with Gasteiger partial charge in [0.25, 0.3) is 0 Å². The highest BCUT2D eigenvalue weighted by atomic mass is 16.7. The molecule has 3 nitrogen and oxygen atoms in total. The van der Waals surface area contributed by atoms with Gasteiger partial charge in [-0.15, -0.1) is 0 Å². The van der Waals surface area contributed by atoms with Crippen molar-refractivity contribution >= 4 is 12.6 Å². The molecule has 1 aliphatic heterocycles. The average molecular weight is 360 g/mol. The number of aryl methyl sites for hydroxylation is 2. The van der Waals surface area contributed by atoms with Gasteiger partial charge < -0.3 is 14.4 Å². The summed E-state index contributed by atoms with van der Waals surface area (Å²) >= 11 is 0. The Morgan fingerprint density at radius 1 is 0.962 bits per heavy atom. The van der Waals surface area contributed by atoms with E-state index in [9.17, 15) is 5.11 Å². The van der Waals surface area contributed by atoms with E-state index < -0.39 is 5.60 Å². The highest BCUT2D eigenvalue weighted by molar-refractivity contribution is 6.62. The normalized spacial score (nSPS) is 21.0. The van der Waals surface area contributed by atoms with Gasteiger partial charge in [-0.2, -0.15) is 0 Å². The molecule has 1 unspecified atom stereocenters. The van der Waals surface area contributed by atoms with E-state index in [0.717, 1.165) is 47.8 Å². The number of hydrogen-bond donors (Lipinski definition) is 1. The van der Waals surface area contributed by atoms with Gasteiger partial charge in [-0.1, -0.05) is 45.2 Å². The summed E-state index contributed by atoms with van der Waals surface area (Å²) in [6.07, 6.45) is 4.92. The maximum atomic E-state index is 11.3. The van der Waals surface area contributed by atoms with Crippen molar-refractivity contribution in [3.63, 3.8) is 0 Å². The van der Waals surface area contributed by atoms with Crippen molar-refractivity contribution in [1.82, 2.24) is 0 Å². The molecule has 0 amide bonds. The molecule has 4 heteroatoms. The molecule has 146 valence electrons. The largest absolute Gasteiger partial charge is 0.494 e. The predicted molar refractivity (Wildman–Crippen MR) is 110 cm³/mol. The summed E-state index contributed by atoms with van der Waals surface area (Å²) in [7, 11) is -0.360. The first-order valence-electron chi connectivity index (χ1n) is 10.2. The maximum Gasteiger partial charge on any atom is 0.494 e. The van der Waals surface area contributed by atoms with Crippen LogP contribution < -0.4 is 5.46 Å². The van der Waals surface area contributed by atoms with Gasteiger partial charge in [0.05, 0.1) is 16.8 Å². The molecule has 1 aliphatic rings. The second-order valence-electron chi connectivity index (χ2n) is 8.96. The highest BCUT2D eigenvalue weighted by Crippen LogP contribution is 2.38. The molecule has 0 spiro atoms. The van der Waals surface area contributed by atoms with Gasteiger partial charge in [0, 0.05) is 0 Å². The van der Waals surface area contributed by atoms with Crippen molar-refractivity contribution in [2.75, 3.05) is 0 Å². The van der Waals surface area contributed by atoms with E-state index in [1.807, 2.05) is 0 Å². The van der Waals surface area contributed by atoms with Crippen molar-refractivity contribution in [3.8, 4) is 0 Å². The monoisotopic (exact) mass is 360 g/mol. The van der Waals surface area contributed by atoms with Crippen LogP contribution >= 0.6 is 0 Å². The van der Waals surface area contributed by atoms with E-state index >= 15 is 0 Å². The van der Waals surface area contributed by atoms with E-state index in [0.29, 0.717) is 0 Å².